The number of carbonyl (C=O) groups is 1. The Morgan fingerprint density at radius 1 is 1.83 bits per heavy atom. The van der Waals surface area contributed by atoms with Crippen LogP contribution in [0.25, 0.3) is 0 Å². The smallest absolute Gasteiger partial charge is 0.241 e. The molecule has 1 N–H and O–H groups in total. The molecule has 7 heteroatoms. The summed E-state index contributed by atoms with van der Waals surface area (Å²) in [4.78, 5) is 10.9. The summed E-state index contributed by atoms with van der Waals surface area (Å²) in [6.07, 6.45) is 3.54. The minimum absolute atomic E-state index is 0.126. The largest absolute Gasteiger partial charge is 0.358 e. The fourth-order valence-corrected chi connectivity index (χ4v) is 0.958. The Bertz CT molecular complexity index is 273. The van der Waals surface area contributed by atoms with Crippen molar-refractivity contribution in [2.75, 3.05) is 7.05 Å². The average Bonchev–Trinajstić information content (AvgIpc) is 2.51. The number of tetrazole rings is 1. The summed E-state index contributed by atoms with van der Waals surface area (Å²) in [5, 5.41) is 13.7. The van der Waals surface area contributed by atoms with Crippen molar-refractivity contribution in [1.82, 2.24) is 25.5 Å². The van der Waals surface area contributed by atoms with Gasteiger partial charge < -0.3 is 5.32 Å². The molecule has 0 bridgehead atoms. The van der Waals surface area contributed by atoms with Crippen LogP contribution in [0.4, 0.5) is 0 Å². The van der Waals surface area contributed by atoms with Gasteiger partial charge in [-0.3, -0.25) is 4.79 Å². The predicted molar refractivity (Wildman–Crippen MR) is 43.1 cm³/mol. The van der Waals surface area contributed by atoms with Crippen molar-refractivity contribution in [2.24, 2.45) is 0 Å². The van der Waals surface area contributed by atoms with Crippen molar-refractivity contribution in [3.8, 4) is 0 Å². The summed E-state index contributed by atoms with van der Waals surface area (Å²) in [6, 6.07) is 0. The van der Waals surface area contributed by atoms with Crippen LogP contribution >= 0.6 is 11.8 Å². The lowest BCUT2D eigenvalue weighted by Gasteiger charge is -1.99. The maximum Gasteiger partial charge on any atom is 0.241 e. The molecule has 0 aliphatic carbocycles. The van der Waals surface area contributed by atoms with E-state index in [1.807, 2.05) is 0 Å². The van der Waals surface area contributed by atoms with Crippen LogP contribution in [0.3, 0.4) is 0 Å². The third-order valence-electron chi connectivity index (χ3n) is 1.20. The highest BCUT2D eigenvalue weighted by molar-refractivity contribution is 8.00. The van der Waals surface area contributed by atoms with Crippen LogP contribution in [0.1, 0.15) is 0 Å². The molecule has 0 atom stereocenters. The number of aromatic nitrogens is 4. The third kappa shape index (κ3) is 1.94. The van der Waals surface area contributed by atoms with Crippen molar-refractivity contribution in [1.29, 1.82) is 0 Å². The van der Waals surface area contributed by atoms with Gasteiger partial charge in [0.25, 0.3) is 0 Å². The highest BCUT2D eigenvalue weighted by atomic mass is 32.2. The Kier molecular flexibility index (Phi) is 3.03. The molecule has 1 radical (unpaired) electrons. The van der Waals surface area contributed by atoms with Gasteiger partial charge in [-0.15, -0.1) is 5.10 Å². The molecule has 0 saturated heterocycles. The predicted octanol–water partition coefficient (Wildman–Crippen LogP) is -0.697. The van der Waals surface area contributed by atoms with Crippen LogP contribution in [0.5, 0.6) is 0 Å². The molecule has 6 nitrogen and oxygen atoms in total. The first kappa shape index (κ1) is 8.98. The molecular formula is C5H8N5OS. The Morgan fingerprint density at radius 3 is 3.17 bits per heavy atom. The number of carbonyl (C=O) groups excluding carboxylic acids is 1. The van der Waals surface area contributed by atoms with Crippen LogP contribution < -0.4 is 5.32 Å². The first-order valence-electron chi connectivity index (χ1n) is 3.16. The molecule has 1 heterocycles. The van der Waals surface area contributed by atoms with Crippen molar-refractivity contribution in [2.45, 2.75) is 11.7 Å². The fraction of sp³-hybridized carbons (Fsp3) is 0.400. The molecule has 1 aromatic rings. The van der Waals surface area contributed by atoms with Crippen LogP contribution in [-0.4, -0.2) is 33.2 Å². The molecule has 1 aromatic heterocycles. The second-order valence-electron chi connectivity index (χ2n) is 1.94. The molecule has 0 saturated carbocycles. The third-order valence-corrected chi connectivity index (χ3v) is 1.75. The molecule has 12 heavy (non-hydrogen) atoms. The van der Waals surface area contributed by atoms with Gasteiger partial charge in [-0.25, -0.2) is 4.68 Å². The van der Waals surface area contributed by atoms with E-state index < -0.39 is 0 Å². The minimum atomic E-state index is -0.141. The number of hydrogen-bond donors (Lipinski definition) is 1. The van der Waals surface area contributed by atoms with Crippen LogP contribution in [0.2, 0.25) is 0 Å². The second kappa shape index (κ2) is 4.05. The summed E-state index contributed by atoms with van der Waals surface area (Å²) < 4.78 is 1.39. The zero-order valence-corrected chi connectivity index (χ0v) is 7.34. The summed E-state index contributed by atoms with van der Waals surface area (Å²) in [5.74, 6) is -0.141. The lowest BCUT2D eigenvalue weighted by atomic mass is 10.6. The Labute approximate surface area is 73.7 Å². The topological polar surface area (TPSA) is 72.7 Å². The number of thioether (sulfide) groups is 1. The van der Waals surface area contributed by atoms with Gasteiger partial charge in [0.1, 0.15) is 6.54 Å². The van der Waals surface area contributed by atoms with Gasteiger partial charge in [0.05, 0.1) is 0 Å². The van der Waals surface area contributed by atoms with Gasteiger partial charge in [0.2, 0.25) is 11.1 Å². The SMILES string of the molecule is [CH2]Sc1nnnn1CC(=O)NC. The molecule has 65 valence electrons. The normalized spacial score (nSPS) is 9.83. The van der Waals surface area contributed by atoms with E-state index >= 15 is 0 Å². The highest BCUT2D eigenvalue weighted by Crippen LogP contribution is 2.09. The first-order chi connectivity index (χ1) is 5.77. The molecule has 0 spiro atoms. The van der Waals surface area contributed by atoms with E-state index in [4.69, 9.17) is 0 Å². The van der Waals surface area contributed by atoms with Crippen molar-refractivity contribution in [3.63, 3.8) is 0 Å². The summed E-state index contributed by atoms with van der Waals surface area (Å²) >= 11 is 1.15. The van der Waals surface area contributed by atoms with Gasteiger partial charge in [-0.05, 0) is 10.4 Å². The Balaban J connectivity index is 2.68. The maximum absolute atomic E-state index is 10.9. The molecule has 0 unspecified atom stereocenters. The number of rotatable bonds is 3. The number of nitrogens with one attached hydrogen (secondary N) is 1. The van der Waals surface area contributed by atoms with Crippen molar-refractivity contribution >= 4 is 17.7 Å². The Morgan fingerprint density at radius 2 is 2.58 bits per heavy atom. The van der Waals surface area contributed by atoms with Crippen LogP contribution in [0, 0.1) is 6.26 Å². The van der Waals surface area contributed by atoms with E-state index in [2.05, 4.69) is 27.1 Å². The second-order valence-corrected chi connectivity index (χ2v) is 2.59. The summed E-state index contributed by atoms with van der Waals surface area (Å²) in [5.41, 5.74) is 0. The first-order valence-corrected chi connectivity index (χ1v) is 4.15. The number of amides is 1. The maximum atomic E-state index is 10.9. The van der Waals surface area contributed by atoms with Gasteiger partial charge in [0, 0.05) is 13.3 Å². The number of nitrogens with zero attached hydrogens (tertiary/aromatic N) is 4. The van der Waals surface area contributed by atoms with E-state index in [1.165, 1.54) is 4.68 Å². The van der Waals surface area contributed by atoms with E-state index in [9.17, 15) is 4.79 Å². The number of hydrogen-bond acceptors (Lipinski definition) is 5. The Hall–Kier alpha value is -1.11. The molecule has 0 fully saturated rings. The standard InChI is InChI=1S/C5H8N5OS/c1-6-4(11)3-10-5(12-2)7-8-9-10/h2-3H2,1H3,(H,6,11). The van der Waals surface area contributed by atoms with Crippen LogP contribution in [0.15, 0.2) is 5.16 Å². The monoisotopic (exact) mass is 186 g/mol. The van der Waals surface area contributed by atoms with Gasteiger partial charge in [-0.2, -0.15) is 0 Å². The summed E-state index contributed by atoms with van der Waals surface area (Å²) in [6.45, 7) is 0.126. The average molecular weight is 186 g/mol. The number of likely N-dealkylation sites (N-methyl/N-ethyl adjacent to an activating group) is 1. The summed E-state index contributed by atoms with van der Waals surface area (Å²) in [7, 11) is 1.56. The zero-order chi connectivity index (χ0) is 8.97. The minimum Gasteiger partial charge on any atom is -0.358 e. The van der Waals surface area contributed by atoms with E-state index in [1.54, 1.807) is 7.05 Å². The van der Waals surface area contributed by atoms with Gasteiger partial charge in [-0.1, -0.05) is 11.8 Å². The fourth-order valence-electron chi connectivity index (χ4n) is 0.614. The molecule has 1 amide bonds. The van der Waals surface area contributed by atoms with Crippen molar-refractivity contribution < 1.29 is 4.79 Å². The van der Waals surface area contributed by atoms with Crippen molar-refractivity contribution in [3.05, 3.63) is 6.26 Å². The van der Waals surface area contributed by atoms with Crippen LogP contribution in [-0.2, 0) is 11.3 Å². The molecular weight excluding hydrogens is 178 g/mol. The van der Waals surface area contributed by atoms with E-state index in [-0.39, 0.29) is 12.5 Å². The van der Waals surface area contributed by atoms with Gasteiger partial charge in [0.15, 0.2) is 0 Å². The lowest BCUT2D eigenvalue weighted by Crippen LogP contribution is -2.24. The quantitative estimate of drug-likeness (QED) is 0.632. The van der Waals surface area contributed by atoms with E-state index in [0.29, 0.717) is 5.16 Å². The molecule has 0 aliphatic heterocycles. The zero-order valence-electron chi connectivity index (χ0n) is 6.52. The molecule has 0 aromatic carbocycles. The highest BCUT2D eigenvalue weighted by Gasteiger charge is 2.07. The molecule has 1 rings (SSSR count). The van der Waals surface area contributed by atoms with E-state index in [0.717, 1.165) is 11.8 Å². The molecule has 0 aliphatic rings. The van der Waals surface area contributed by atoms with Gasteiger partial charge >= 0.3 is 0 Å². The lowest BCUT2D eigenvalue weighted by molar-refractivity contribution is -0.121.